The molecule has 1 aromatic carbocycles. The van der Waals surface area contributed by atoms with Gasteiger partial charge in [-0.1, -0.05) is 0 Å². The third-order valence-electron chi connectivity index (χ3n) is 2.26. The van der Waals surface area contributed by atoms with Crippen LogP contribution in [0.5, 0.6) is 5.75 Å². The standard InChI is InChI=1S/C12H12F3NO4S/c1-20-7-2-3-9(8(4-7)12(13,14)15)16-10(17)5-21-6-11(18)19/h2-4H,5-6H2,1H3,(H,16,17)(H,18,19). The third kappa shape index (κ3) is 5.54. The van der Waals surface area contributed by atoms with Crippen LogP contribution in [-0.2, 0) is 15.8 Å². The lowest BCUT2D eigenvalue weighted by Gasteiger charge is -2.14. The van der Waals surface area contributed by atoms with Crippen LogP contribution in [0.4, 0.5) is 18.9 Å². The molecule has 1 amide bonds. The molecule has 0 fully saturated rings. The molecule has 5 nitrogen and oxygen atoms in total. The van der Waals surface area contributed by atoms with Crippen molar-refractivity contribution < 1.29 is 32.6 Å². The number of alkyl halides is 3. The van der Waals surface area contributed by atoms with E-state index in [1.807, 2.05) is 0 Å². The van der Waals surface area contributed by atoms with E-state index >= 15 is 0 Å². The summed E-state index contributed by atoms with van der Waals surface area (Å²) in [5, 5.41) is 10.5. The predicted octanol–water partition coefficient (Wildman–Crippen LogP) is 2.47. The largest absolute Gasteiger partial charge is 0.497 e. The van der Waals surface area contributed by atoms with E-state index in [2.05, 4.69) is 5.32 Å². The first-order valence-electron chi connectivity index (χ1n) is 5.58. The SMILES string of the molecule is COc1ccc(NC(=O)CSCC(=O)O)c(C(F)(F)F)c1. The molecule has 0 aromatic heterocycles. The molecule has 9 heteroatoms. The molecular formula is C12H12F3NO4S. The fourth-order valence-corrected chi connectivity index (χ4v) is 1.95. The first-order chi connectivity index (χ1) is 9.74. The number of aliphatic carboxylic acids is 1. The van der Waals surface area contributed by atoms with Crippen LogP contribution in [0.3, 0.4) is 0 Å². The van der Waals surface area contributed by atoms with E-state index in [4.69, 9.17) is 9.84 Å². The molecule has 0 saturated heterocycles. The Balaban J connectivity index is 2.82. The van der Waals surface area contributed by atoms with Gasteiger partial charge in [0.25, 0.3) is 0 Å². The second-order valence-electron chi connectivity index (χ2n) is 3.84. The average molecular weight is 323 g/mol. The molecule has 0 aliphatic carbocycles. The number of methoxy groups -OCH3 is 1. The number of amides is 1. The molecular weight excluding hydrogens is 311 g/mol. The van der Waals surface area contributed by atoms with Gasteiger partial charge < -0.3 is 15.2 Å². The molecule has 116 valence electrons. The molecule has 1 rings (SSSR count). The zero-order valence-electron chi connectivity index (χ0n) is 10.9. The van der Waals surface area contributed by atoms with E-state index in [1.54, 1.807) is 0 Å². The molecule has 0 radical (unpaired) electrons. The van der Waals surface area contributed by atoms with Crippen LogP contribution in [0.2, 0.25) is 0 Å². The van der Waals surface area contributed by atoms with Crippen molar-refractivity contribution in [3.05, 3.63) is 23.8 Å². The van der Waals surface area contributed by atoms with Crippen molar-refractivity contribution in [1.82, 2.24) is 0 Å². The lowest BCUT2D eigenvalue weighted by Crippen LogP contribution is -2.19. The Morgan fingerprint density at radius 3 is 2.52 bits per heavy atom. The maximum atomic E-state index is 12.9. The number of hydrogen-bond donors (Lipinski definition) is 2. The van der Waals surface area contributed by atoms with Gasteiger partial charge >= 0.3 is 12.1 Å². The summed E-state index contributed by atoms with van der Waals surface area (Å²) in [4.78, 5) is 21.8. The summed E-state index contributed by atoms with van der Waals surface area (Å²) in [6.45, 7) is 0. The van der Waals surface area contributed by atoms with Crippen LogP contribution >= 0.6 is 11.8 Å². The van der Waals surface area contributed by atoms with Crippen molar-refractivity contribution in [3.8, 4) is 5.75 Å². The number of halogens is 3. The Labute approximate surface area is 122 Å². The van der Waals surface area contributed by atoms with Crippen LogP contribution in [-0.4, -0.2) is 35.6 Å². The highest BCUT2D eigenvalue weighted by molar-refractivity contribution is 8.00. The van der Waals surface area contributed by atoms with Gasteiger partial charge in [-0.3, -0.25) is 9.59 Å². The Kier molecular flexibility index (Phi) is 5.89. The number of carboxylic acid groups (broad SMARTS) is 1. The molecule has 0 heterocycles. The van der Waals surface area contributed by atoms with Gasteiger partial charge in [-0.25, -0.2) is 0 Å². The van der Waals surface area contributed by atoms with Crippen LogP contribution in [0.25, 0.3) is 0 Å². The average Bonchev–Trinajstić information content (AvgIpc) is 2.37. The first kappa shape index (κ1) is 17.2. The maximum Gasteiger partial charge on any atom is 0.418 e. The van der Waals surface area contributed by atoms with Crippen LogP contribution in [0, 0.1) is 0 Å². The molecule has 0 unspecified atom stereocenters. The lowest BCUT2D eigenvalue weighted by molar-refractivity contribution is -0.137. The Bertz CT molecular complexity index is 534. The molecule has 2 N–H and O–H groups in total. The summed E-state index contributed by atoms with van der Waals surface area (Å²) >= 11 is 0.792. The van der Waals surface area contributed by atoms with Gasteiger partial charge in [0.15, 0.2) is 0 Å². The zero-order chi connectivity index (χ0) is 16.0. The summed E-state index contributed by atoms with van der Waals surface area (Å²) in [6.07, 6.45) is -4.65. The lowest BCUT2D eigenvalue weighted by atomic mass is 10.1. The molecule has 0 bridgehead atoms. The fourth-order valence-electron chi connectivity index (χ4n) is 1.41. The minimum absolute atomic E-state index is 0.0144. The maximum absolute atomic E-state index is 12.9. The molecule has 21 heavy (non-hydrogen) atoms. The van der Waals surface area contributed by atoms with E-state index in [0.717, 1.165) is 23.9 Å². The van der Waals surface area contributed by atoms with Gasteiger partial charge in [-0.15, -0.1) is 11.8 Å². The van der Waals surface area contributed by atoms with Crippen molar-refractivity contribution in [2.75, 3.05) is 23.9 Å². The van der Waals surface area contributed by atoms with Crippen LogP contribution in [0.15, 0.2) is 18.2 Å². The van der Waals surface area contributed by atoms with E-state index in [1.165, 1.54) is 13.2 Å². The second-order valence-corrected chi connectivity index (χ2v) is 4.83. The number of thioether (sulfide) groups is 1. The molecule has 1 aromatic rings. The number of nitrogens with one attached hydrogen (secondary N) is 1. The van der Waals surface area contributed by atoms with Gasteiger partial charge in [-0.2, -0.15) is 13.2 Å². The molecule has 0 saturated carbocycles. The predicted molar refractivity (Wildman–Crippen MR) is 71.6 cm³/mol. The van der Waals surface area contributed by atoms with Crippen molar-refractivity contribution >= 4 is 29.3 Å². The molecule has 0 atom stereocenters. The number of rotatable bonds is 6. The highest BCUT2D eigenvalue weighted by atomic mass is 32.2. The second kappa shape index (κ2) is 7.21. The van der Waals surface area contributed by atoms with Crippen molar-refractivity contribution in [1.29, 1.82) is 0 Å². The third-order valence-corrected chi connectivity index (χ3v) is 3.18. The van der Waals surface area contributed by atoms with Gasteiger partial charge in [-0.05, 0) is 18.2 Å². The topological polar surface area (TPSA) is 75.6 Å². The zero-order valence-corrected chi connectivity index (χ0v) is 11.7. The summed E-state index contributed by atoms with van der Waals surface area (Å²) in [5.74, 6) is -2.36. The van der Waals surface area contributed by atoms with Crippen LogP contribution in [0.1, 0.15) is 5.56 Å². The van der Waals surface area contributed by atoms with Gasteiger partial charge in [0.2, 0.25) is 5.91 Å². The Morgan fingerprint density at radius 1 is 1.33 bits per heavy atom. The van der Waals surface area contributed by atoms with E-state index in [9.17, 15) is 22.8 Å². The smallest absolute Gasteiger partial charge is 0.418 e. The highest BCUT2D eigenvalue weighted by Crippen LogP contribution is 2.37. The summed E-state index contributed by atoms with van der Waals surface area (Å²) in [7, 11) is 1.23. The number of carboxylic acids is 1. The van der Waals surface area contributed by atoms with E-state index in [-0.39, 0.29) is 17.3 Å². The van der Waals surface area contributed by atoms with Gasteiger partial charge in [0, 0.05) is 0 Å². The number of carbonyl (C=O) groups is 2. The summed E-state index contributed by atoms with van der Waals surface area (Å²) in [6, 6.07) is 3.15. The quantitative estimate of drug-likeness (QED) is 0.841. The molecule has 0 aliphatic heterocycles. The normalized spacial score (nSPS) is 11.0. The summed E-state index contributed by atoms with van der Waals surface area (Å²) < 4.78 is 43.4. The van der Waals surface area contributed by atoms with Crippen molar-refractivity contribution in [3.63, 3.8) is 0 Å². The summed E-state index contributed by atoms with van der Waals surface area (Å²) in [5.41, 5.74) is -1.43. The van der Waals surface area contributed by atoms with Crippen molar-refractivity contribution in [2.24, 2.45) is 0 Å². The molecule has 0 aliphatic rings. The number of anilines is 1. The minimum Gasteiger partial charge on any atom is -0.497 e. The van der Waals surface area contributed by atoms with Gasteiger partial charge in [0.1, 0.15) is 5.75 Å². The van der Waals surface area contributed by atoms with E-state index < -0.39 is 29.3 Å². The number of hydrogen-bond acceptors (Lipinski definition) is 4. The van der Waals surface area contributed by atoms with Crippen LogP contribution < -0.4 is 10.1 Å². The molecule has 0 spiro atoms. The minimum atomic E-state index is -4.65. The highest BCUT2D eigenvalue weighted by Gasteiger charge is 2.34. The Hall–Kier alpha value is -1.90. The fraction of sp³-hybridized carbons (Fsp3) is 0.333. The van der Waals surface area contributed by atoms with Crippen molar-refractivity contribution in [2.45, 2.75) is 6.18 Å². The number of carbonyl (C=O) groups excluding carboxylic acids is 1. The first-order valence-corrected chi connectivity index (χ1v) is 6.74. The number of ether oxygens (including phenoxy) is 1. The Morgan fingerprint density at radius 2 is 2.00 bits per heavy atom. The van der Waals surface area contributed by atoms with Gasteiger partial charge in [0.05, 0.1) is 29.9 Å². The monoisotopic (exact) mass is 323 g/mol. The van der Waals surface area contributed by atoms with E-state index in [0.29, 0.717) is 0 Å². The number of benzene rings is 1.